The molecule has 0 aliphatic heterocycles. The molecule has 0 fully saturated rings. The molecule has 0 bridgehead atoms. The van der Waals surface area contributed by atoms with Crippen LogP contribution < -0.4 is 5.73 Å². The van der Waals surface area contributed by atoms with E-state index >= 15 is 0 Å². The molecule has 1 aromatic carbocycles. The van der Waals surface area contributed by atoms with E-state index in [2.05, 4.69) is 0 Å². The van der Waals surface area contributed by atoms with Gasteiger partial charge in [-0.05, 0) is 24.1 Å². The van der Waals surface area contributed by atoms with Crippen molar-refractivity contribution in [2.75, 3.05) is 23.6 Å². The third-order valence-corrected chi connectivity index (χ3v) is 6.57. The summed E-state index contributed by atoms with van der Waals surface area (Å²) in [5.41, 5.74) is 6.93. The molecule has 0 saturated carbocycles. The van der Waals surface area contributed by atoms with E-state index in [0.717, 1.165) is 11.8 Å². The molecule has 114 valence electrons. The SMILES string of the molecule is CCCN(Cc1ccc(N)cc1)S(=O)(=O)CS(C)(=O)=O. The summed E-state index contributed by atoms with van der Waals surface area (Å²) in [5.74, 6) is 0. The van der Waals surface area contributed by atoms with E-state index in [1.54, 1.807) is 24.3 Å². The zero-order chi connectivity index (χ0) is 15.4. The van der Waals surface area contributed by atoms with Gasteiger partial charge in [0.25, 0.3) is 0 Å². The van der Waals surface area contributed by atoms with Crippen LogP contribution in [0.4, 0.5) is 5.69 Å². The molecule has 0 atom stereocenters. The molecule has 1 rings (SSSR count). The van der Waals surface area contributed by atoms with Gasteiger partial charge in [-0.1, -0.05) is 19.1 Å². The smallest absolute Gasteiger partial charge is 0.228 e. The van der Waals surface area contributed by atoms with Crippen LogP contribution in [0.15, 0.2) is 24.3 Å². The lowest BCUT2D eigenvalue weighted by Gasteiger charge is -2.21. The Morgan fingerprint density at radius 2 is 1.65 bits per heavy atom. The molecule has 0 amide bonds. The molecule has 0 unspecified atom stereocenters. The van der Waals surface area contributed by atoms with Crippen molar-refractivity contribution in [2.24, 2.45) is 0 Å². The average molecular weight is 320 g/mol. The molecule has 1 aromatic rings. The minimum atomic E-state index is -3.84. The molecule has 0 aromatic heterocycles. The Labute approximate surface area is 120 Å². The third kappa shape index (κ3) is 5.48. The van der Waals surface area contributed by atoms with E-state index in [4.69, 9.17) is 5.73 Å². The van der Waals surface area contributed by atoms with E-state index in [0.29, 0.717) is 12.1 Å². The molecule has 0 spiro atoms. The standard InChI is InChI=1S/C12H20N2O4S2/c1-3-8-14(20(17,18)10-19(2,15)16)9-11-4-6-12(13)7-5-11/h4-7H,3,8-10,13H2,1-2H3. The Hall–Kier alpha value is -1.12. The maximum atomic E-state index is 12.1. The van der Waals surface area contributed by atoms with Gasteiger partial charge in [0.15, 0.2) is 14.9 Å². The monoisotopic (exact) mass is 320 g/mol. The number of sulfonamides is 1. The van der Waals surface area contributed by atoms with Gasteiger partial charge in [0.05, 0.1) is 0 Å². The van der Waals surface area contributed by atoms with Crippen molar-refractivity contribution in [2.45, 2.75) is 19.9 Å². The van der Waals surface area contributed by atoms with Crippen LogP contribution >= 0.6 is 0 Å². The fourth-order valence-electron chi connectivity index (χ4n) is 1.74. The summed E-state index contributed by atoms with van der Waals surface area (Å²) in [5, 5.41) is -0.866. The summed E-state index contributed by atoms with van der Waals surface area (Å²) in [6.45, 7) is 2.26. The highest BCUT2D eigenvalue weighted by molar-refractivity contribution is 8.06. The summed E-state index contributed by atoms with van der Waals surface area (Å²) < 4.78 is 47.9. The Bertz CT molecular complexity index is 637. The number of anilines is 1. The fourth-order valence-corrected chi connectivity index (χ4v) is 5.30. The summed E-state index contributed by atoms with van der Waals surface area (Å²) >= 11 is 0. The van der Waals surface area contributed by atoms with Crippen LogP contribution in [0.3, 0.4) is 0 Å². The van der Waals surface area contributed by atoms with Crippen LogP contribution in [0.25, 0.3) is 0 Å². The first-order valence-corrected chi connectivity index (χ1v) is 9.81. The van der Waals surface area contributed by atoms with Crippen LogP contribution in [0.2, 0.25) is 0 Å². The summed E-state index contributed by atoms with van der Waals surface area (Å²) in [6, 6.07) is 6.83. The molecule has 0 aliphatic carbocycles. The van der Waals surface area contributed by atoms with Crippen molar-refractivity contribution in [1.29, 1.82) is 0 Å². The van der Waals surface area contributed by atoms with E-state index in [1.165, 1.54) is 4.31 Å². The second kappa shape index (κ2) is 6.55. The topological polar surface area (TPSA) is 97.5 Å². The van der Waals surface area contributed by atoms with Gasteiger partial charge in [-0.2, -0.15) is 4.31 Å². The number of hydrogen-bond acceptors (Lipinski definition) is 5. The van der Waals surface area contributed by atoms with Gasteiger partial charge in [-0.25, -0.2) is 16.8 Å². The molecule has 20 heavy (non-hydrogen) atoms. The van der Waals surface area contributed by atoms with Gasteiger partial charge >= 0.3 is 0 Å². The van der Waals surface area contributed by atoms with Crippen LogP contribution in [-0.2, 0) is 26.4 Å². The number of hydrogen-bond donors (Lipinski definition) is 1. The lowest BCUT2D eigenvalue weighted by atomic mass is 10.2. The molecule has 0 aliphatic rings. The maximum Gasteiger partial charge on any atom is 0.228 e. The van der Waals surface area contributed by atoms with Gasteiger partial charge < -0.3 is 5.73 Å². The van der Waals surface area contributed by atoms with Gasteiger partial charge in [0.1, 0.15) is 0 Å². The first-order valence-electron chi connectivity index (χ1n) is 6.14. The number of rotatable bonds is 7. The normalized spacial score (nSPS) is 12.8. The highest BCUT2D eigenvalue weighted by Gasteiger charge is 2.26. The predicted octanol–water partition coefficient (Wildman–Crippen LogP) is 0.813. The zero-order valence-corrected chi connectivity index (χ0v) is 13.2. The Morgan fingerprint density at radius 3 is 2.10 bits per heavy atom. The quantitative estimate of drug-likeness (QED) is 0.750. The highest BCUT2D eigenvalue weighted by Crippen LogP contribution is 2.13. The summed E-state index contributed by atoms with van der Waals surface area (Å²) in [6.07, 6.45) is 1.52. The van der Waals surface area contributed by atoms with Crippen molar-refractivity contribution in [3.05, 3.63) is 29.8 Å². The Kier molecular flexibility index (Phi) is 5.55. The number of nitrogens with zero attached hydrogens (tertiary/aromatic N) is 1. The Balaban J connectivity index is 2.96. The maximum absolute atomic E-state index is 12.1. The Morgan fingerprint density at radius 1 is 1.10 bits per heavy atom. The van der Waals surface area contributed by atoms with E-state index < -0.39 is 24.9 Å². The first kappa shape index (κ1) is 16.9. The number of nitrogen functional groups attached to an aromatic ring is 1. The second-order valence-corrected chi connectivity index (χ2v) is 9.21. The van der Waals surface area contributed by atoms with Crippen LogP contribution in [-0.4, -0.2) is 39.0 Å². The van der Waals surface area contributed by atoms with E-state index in [1.807, 2.05) is 6.92 Å². The summed E-state index contributed by atoms with van der Waals surface area (Å²) in [7, 11) is -7.43. The molecule has 6 nitrogen and oxygen atoms in total. The predicted molar refractivity (Wildman–Crippen MR) is 80.2 cm³/mol. The molecule has 8 heteroatoms. The molecular formula is C12H20N2O4S2. The molecule has 0 heterocycles. The molecular weight excluding hydrogens is 300 g/mol. The van der Waals surface area contributed by atoms with Crippen LogP contribution in [0, 0.1) is 0 Å². The van der Waals surface area contributed by atoms with Gasteiger partial charge in [0, 0.05) is 25.0 Å². The van der Waals surface area contributed by atoms with Gasteiger partial charge in [-0.3, -0.25) is 0 Å². The lowest BCUT2D eigenvalue weighted by molar-refractivity contribution is 0.408. The van der Waals surface area contributed by atoms with Crippen molar-refractivity contribution in [3.63, 3.8) is 0 Å². The highest BCUT2D eigenvalue weighted by atomic mass is 32.3. The number of nitrogens with two attached hydrogens (primary N) is 1. The van der Waals surface area contributed by atoms with Crippen LogP contribution in [0.5, 0.6) is 0 Å². The second-order valence-electron chi connectivity index (χ2n) is 4.73. The van der Waals surface area contributed by atoms with Gasteiger partial charge in [0.2, 0.25) is 10.0 Å². The third-order valence-electron chi connectivity index (χ3n) is 2.57. The zero-order valence-electron chi connectivity index (χ0n) is 11.6. The lowest BCUT2D eigenvalue weighted by Crippen LogP contribution is -2.35. The largest absolute Gasteiger partial charge is 0.399 e. The summed E-state index contributed by atoms with van der Waals surface area (Å²) in [4.78, 5) is 0. The van der Waals surface area contributed by atoms with Crippen molar-refractivity contribution < 1.29 is 16.8 Å². The average Bonchev–Trinajstić information content (AvgIpc) is 2.28. The molecule has 2 N–H and O–H groups in total. The molecule has 0 saturated heterocycles. The number of benzene rings is 1. The fraction of sp³-hybridized carbons (Fsp3) is 0.500. The number of sulfone groups is 1. The van der Waals surface area contributed by atoms with Crippen molar-refractivity contribution in [3.8, 4) is 0 Å². The molecule has 0 radical (unpaired) electrons. The minimum absolute atomic E-state index is 0.145. The first-order chi connectivity index (χ1) is 9.14. The van der Waals surface area contributed by atoms with E-state index in [9.17, 15) is 16.8 Å². The van der Waals surface area contributed by atoms with Crippen LogP contribution in [0.1, 0.15) is 18.9 Å². The van der Waals surface area contributed by atoms with Gasteiger partial charge in [-0.15, -0.1) is 0 Å². The van der Waals surface area contributed by atoms with E-state index in [-0.39, 0.29) is 13.1 Å². The van der Waals surface area contributed by atoms with Crippen molar-refractivity contribution >= 4 is 25.5 Å². The minimum Gasteiger partial charge on any atom is -0.399 e. The van der Waals surface area contributed by atoms with Crippen molar-refractivity contribution in [1.82, 2.24) is 4.31 Å².